The SMILES string of the molecule is Cc1ccc(CN(C(=O)OC2C[C@H]3CC[C@@H](C2)N3)c2ccccc2)s1. The van der Waals surface area contributed by atoms with E-state index in [0.29, 0.717) is 18.6 Å². The lowest BCUT2D eigenvalue weighted by Crippen LogP contribution is -2.44. The van der Waals surface area contributed by atoms with Crippen molar-refractivity contribution in [2.24, 2.45) is 0 Å². The van der Waals surface area contributed by atoms with Gasteiger partial charge >= 0.3 is 6.09 Å². The largest absolute Gasteiger partial charge is 0.446 e. The summed E-state index contributed by atoms with van der Waals surface area (Å²) in [6.45, 7) is 2.64. The van der Waals surface area contributed by atoms with Gasteiger partial charge in [-0.2, -0.15) is 0 Å². The first-order chi connectivity index (χ1) is 12.2. The molecule has 0 radical (unpaired) electrons. The van der Waals surface area contributed by atoms with Crippen molar-refractivity contribution in [1.82, 2.24) is 5.32 Å². The number of amides is 1. The van der Waals surface area contributed by atoms with Gasteiger partial charge in [0.05, 0.1) is 6.54 Å². The van der Waals surface area contributed by atoms with Gasteiger partial charge in [-0.05, 0) is 56.9 Å². The van der Waals surface area contributed by atoms with Crippen LogP contribution in [0.4, 0.5) is 10.5 Å². The van der Waals surface area contributed by atoms with Crippen LogP contribution >= 0.6 is 11.3 Å². The zero-order chi connectivity index (χ0) is 17.2. The third-order valence-electron chi connectivity index (χ3n) is 5.10. The second-order valence-electron chi connectivity index (χ2n) is 7.05. The Morgan fingerprint density at radius 2 is 1.88 bits per heavy atom. The van der Waals surface area contributed by atoms with E-state index in [1.54, 1.807) is 16.2 Å². The first-order valence-corrected chi connectivity index (χ1v) is 9.83. The molecule has 0 spiro atoms. The average molecular weight is 356 g/mol. The molecule has 1 aromatic heterocycles. The van der Waals surface area contributed by atoms with Gasteiger partial charge in [0.1, 0.15) is 6.10 Å². The van der Waals surface area contributed by atoms with Crippen LogP contribution in [0.1, 0.15) is 35.4 Å². The summed E-state index contributed by atoms with van der Waals surface area (Å²) in [7, 11) is 0. The Kier molecular flexibility index (Phi) is 4.77. The maximum Gasteiger partial charge on any atom is 0.414 e. The molecular weight excluding hydrogens is 332 g/mol. The molecule has 132 valence electrons. The summed E-state index contributed by atoms with van der Waals surface area (Å²) in [5, 5.41) is 3.59. The van der Waals surface area contributed by atoms with E-state index >= 15 is 0 Å². The lowest BCUT2D eigenvalue weighted by Gasteiger charge is -2.31. The van der Waals surface area contributed by atoms with E-state index in [0.717, 1.165) is 18.5 Å². The molecule has 1 N–H and O–H groups in total. The predicted molar refractivity (Wildman–Crippen MR) is 101 cm³/mol. The number of carbonyl (C=O) groups excluding carboxylic acids is 1. The summed E-state index contributed by atoms with van der Waals surface area (Å²) in [6.07, 6.45) is 4.07. The number of thiophene rings is 1. The Bertz CT molecular complexity index is 718. The van der Waals surface area contributed by atoms with E-state index in [1.165, 1.54) is 22.6 Å². The molecule has 2 saturated heterocycles. The minimum Gasteiger partial charge on any atom is -0.446 e. The van der Waals surface area contributed by atoms with Gasteiger partial charge in [0.15, 0.2) is 0 Å². The van der Waals surface area contributed by atoms with Gasteiger partial charge in [-0.3, -0.25) is 4.90 Å². The van der Waals surface area contributed by atoms with Gasteiger partial charge in [0.2, 0.25) is 0 Å². The van der Waals surface area contributed by atoms with E-state index in [2.05, 4.69) is 24.4 Å². The summed E-state index contributed by atoms with van der Waals surface area (Å²) >= 11 is 1.73. The number of nitrogens with zero attached hydrogens (tertiary/aromatic N) is 1. The Hall–Kier alpha value is -1.85. The van der Waals surface area contributed by atoms with Crippen LogP contribution in [0.15, 0.2) is 42.5 Å². The number of benzene rings is 1. The summed E-state index contributed by atoms with van der Waals surface area (Å²) in [4.78, 5) is 17.1. The van der Waals surface area contributed by atoms with E-state index in [1.807, 2.05) is 30.3 Å². The van der Waals surface area contributed by atoms with Gasteiger partial charge in [-0.15, -0.1) is 11.3 Å². The molecule has 0 saturated carbocycles. The third kappa shape index (κ3) is 3.88. The van der Waals surface area contributed by atoms with Crippen LogP contribution in [0.25, 0.3) is 0 Å². The first-order valence-electron chi connectivity index (χ1n) is 9.02. The Morgan fingerprint density at radius 1 is 1.16 bits per heavy atom. The highest BCUT2D eigenvalue weighted by Crippen LogP contribution is 2.30. The Labute approximate surface area is 152 Å². The lowest BCUT2D eigenvalue weighted by molar-refractivity contribution is 0.0719. The zero-order valence-corrected chi connectivity index (χ0v) is 15.3. The average Bonchev–Trinajstić information content (AvgIpc) is 3.18. The van der Waals surface area contributed by atoms with Crippen LogP contribution in [0.3, 0.4) is 0 Å². The number of hydrogen-bond acceptors (Lipinski definition) is 4. The van der Waals surface area contributed by atoms with Crippen molar-refractivity contribution >= 4 is 23.1 Å². The molecule has 5 heteroatoms. The molecule has 4 nitrogen and oxygen atoms in total. The second kappa shape index (κ2) is 7.18. The maximum atomic E-state index is 12.9. The number of nitrogens with one attached hydrogen (secondary N) is 1. The normalized spacial score (nSPS) is 24.9. The zero-order valence-electron chi connectivity index (χ0n) is 14.5. The third-order valence-corrected chi connectivity index (χ3v) is 6.08. The summed E-state index contributed by atoms with van der Waals surface area (Å²) in [6, 6.07) is 15.0. The van der Waals surface area contributed by atoms with Gasteiger partial charge < -0.3 is 10.1 Å². The maximum absolute atomic E-state index is 12.9. The highest BCUT2D eigenvalue weighted by molar-refractivity contribution is 7.11. The molecule has 25 heavy (non-hydrogen) atoms. The Balaban J connectivity index is 1.49. The van der Waals surface area contributed by atoms with Crippen LogP contribution < -0.4 is 10.2 Å². The molecule has 1 amide bonds. The molecule has 2 fully saturated rings. The minimum atomic E-state index is -0.233. The van der Waals surface area contributed by atoms with E-state index in [-0.39, 0.29) is 12.2 Å². The van der Waals surface area contributed by atoms with E-state index in [9.17, 15) is 4.79 Å². The Morgan fingerprint density at radius 3 is 2.52 bits per heavy atom. The molecule has 0 aliphatic carbocycles. The van der Waals surface area contributed by atoms with Crippen molar-refractivity contribution in [1.29, 1.82) is 0 Å². The number of carbonyl (C=O) groups is 1. The molecule has 1 aromatic carbocycles. The molecule has 3 heterocycles. The van der Waals surface area contributed by atoms with Gasteiger partial charge in [0.25, 0.3) is 0 Å². The van der Waals surface area contributed by atoms with Gasteiger partial charge in [0, 0.05) is 27.5 Å². The molecular formula is C20H24N2O2S. The highest BCUT2D eigenvalue weighted by atomic mass is 32.1. The predicted octanol–water partition coefficient (Wildman–Crippen LogP) is 4.48. The number of rotatable bonds is 4. The fourth-order valence-corrected chi connectivity index (χ4v) is 4.78. The molecule has 2 bridgehead atoms. The quantitative estimate of drug-likeness (QED) is 0.878. The molecule has 3 atom stereocenters. The highest BCUT2D eigenvalue weighted by Gasteiger charge is 2.36. The molecule has 2 aromatic rings. The number of fused-ring (bicyclic) bond motifs is 2. The fraction of sp³-hybridized carbons (Fsp3) is 0.450. The van der Waals surface area contributed by atoms with Crippen molar-refractivity contribution in [2.75, 3.05) is 4.90 Å². The van der Waals surface area contributed by atoms with Crippen LogP contribution in [0, 0.1) is 6.92 Å². The van der Waals surface area contributed by atoms with Crippen molar-refractivity contribution in [2.45, 2.75) is 57.3 Å². The first kappa shape index (κ1) is 16.6. The van der Waals surface area contributed by atoms with Crippen LogP contribution in [-0.2, 0) is 11.3 Å². The number of ether oxygens (including phenoxy) is 1. The minimum absolute atomic E-state index is 0.0301. The molecule has 4 rings (SSSR count). The number of aryl methyl sites for hydroxylation is 1. The summed E-state index contributed by atoms with van der Waals surface area (Å²) in [5.41, 5.74) is 0.885. The van der Waals surface area contributed by atoms with Gasteiger partial charge in [-0.1, -0.05) is 18.2 Å². The number of hydrogen-bond donors (Lipinski definition) is 1. The van der Waals surface area contributed by atoms with Crippen molar-refractivity contribution < 1.29 is 9.53 Å². The molecule has 2 aliphatic rings. The number of anilines is 1. The molecule has 1 unspecified atom stereocenters. The monoisotopic (exact) mass is 356 g/mol. The summed E-state index contributed by atoms with van der Waals surface area (Å²) in [5.74, 6) is 0. The van der Waals surface area contributed by atoms with E-state index in [4.69, 9.17) is 4.74 Å². The number of para-hydroxylation sites is 1. The lowest BCUT2D eigenvalue weighted by atomic mass is 10.0. The standard InChI is InChI=1S/C20H24N2O2S/c1-14-7-10-19(25-14)13-22(17-5-3-2-4-6-17)20(23)24-18-11-15-8-9-16(12-18)21-15/h2-7,10,15-16,18,21H,8-9,11-13H2,1H3/t15-,16+,18?. The fourth-order valence-electron chi connectivity index (χ4n) is 3.90. The topological polar surface area (TPSA) is 41.6 Å². The van der Waals surface area contributed by atoms with Crippen LogP contribution in [0.5, 0.6) is 0 Å². The number of piperidine rings is 1. The second-order valence-corrected chi connectivity index (χ2v) is 8.42. The van der Waals surface area contributed by atoms with Crippen LogP contribution in [0.2, 0.25) is 0 Å². The van der Waals surface area contributed by atoms with Crippen molar-refractivity contribution in [3.05, 3.63) is 52.2 Å². The van der Waals surface area contributed by atoms with Crippen molar-refractivity contribution in [3.63, 3.8) is 0 Å². The van der Waals surface area contributed by atoms with E-state index < -0.39 is 0 Å². The summed E-state index contributed by atoms with van der Waals surface area (Å²) < 4.78 is 5.92. The smallest absolute Gasteiger partial charge is 0.414 e. The van der Waals surface area contributed by atoms with Crippen LogP contribution in [-0.4, -0.2) is 24.3 Å². The van der Waals surface area contributed by atoms with Gasteiger partial charge in [-0.25, -0.2) is 4.79 Å². The van der Waals surface area contributed by atoms with Crippen molar-refractivity contribution in [3.8, 4) is 0 Å². The molecule has 2 aliphatic heterocycles.